The van der Waals surface area contributed by atoms with Gasteiger partial charge in [-0.15, -0.1) is 0 Å². The largest absolute Gasteiger partial charge is 0.508 e. The highest BCUT2D eigenvalue weighted by atomic mass is 16.3. The van der Waals surface area contributed by atoms with Crippen LogP contribution in [0, 0.1) is 0 Å². The lowest BCUT2D eigenvalue weighted by atomic mass is 10.2. The number of phenols is 1. The predicted molar refractivity (Wildman–Crippen MR) is 65.2 cm³/mol. The van der Waals surface area contributed by atoms with Gasteiger partial charge in [-0.25, -0.2) is 10.4 Å². The van der Waals surface area contributed by atoms with Gasteiger partial charge in [0.25, 0.3) is 5.91 Å². The molecule has 0 radical (unpaired) electrons. The van der Waals surface area contributed by atoms with Crippen LogP contribution in [0.5, 0.6) is 5.75 Å². The Labute approximate surface area is 103 Å². The highest BCUT2D eigenvalue weighted by Crippen LogP contribution is 2.08. The number of carbonyl (C=O) groups is 1. The summed E-state index contributed by atoms with van der Waals surface area (Å²) in [4.78, 5) is 19.1. The lowest BCUT2D eigenvalue weighted by molar-refractivity contribution is 0.0949. The van der Waals surface area contributed by atoms with Crippen molar-refractivity contribution in [2.45, 2.75) is 0 Å². The number of nitrogens with zero attached hydrogens (tertiary/aromatic N) is 3. The van der Waals surface area contributed by atoms with Crippen molar-refractivity contribution < 1.29 is 9.90 Å². The average molecular weight is 242 g/mol. The Bertz CT molecular complexity index is 569. The molecule has 0 unspecified atom stereocenters. The molecule has 6 heteroatoms. The summed E-state index contributed by atoms with van der Waals surface area (Å²) in [5.41, 5.74) is 3.17. The maximum absolute atomic E-state index is 11.5. The third-order valence-electron chi connectivity index (χ3n) is 2.05. The minimum Gasteiger partial charge on any atom is -0.508 e. The fraction of sp³-hybridized carbons (Fsp3) is 0. The van der Waals surface area contributed by atoms with Gasteiger partial charge in [0.2, 0.25) is 0 Å². The second-order valence-corrected chi connectivity index (χ2v) is 3.38. The number of rotatable bonds is 3. The smallest absolute Gasteiger partial charge is 0.291 e. The first-order valence-corrected chi connectivity index (χ1v) is 5.14. The van der Waals surface area contributed by atoms with Gasteiger partial charge in [0, 0.05) is 12.4 Å². The van der Waals surface area contributed by atoms with Crippen LogP contribution in [0.1, 0.15) is 16.1 Å². The third-order valence-corrected chi connectivity index (χ3v) is 2.05. The van der Waals surface area contributed by atoms with Crippen molar-refractivity contribution in [3.05, 3.63) is 54.1 Å². The van der Waals surface area contributed by atoms with E-state index in [1.54, 1.807) is 18.2 Å². The Kier molecular flexibility index (Phi) is 3.60. The van der Waals surface area contributed by atoms with Crippen LogP contribution in [0.15, 0.2) is 48.0 Å². The number of phenolic OH excluding ortho intramolecular Hbond substituents is 1. The monoisotopic (exact) mass is 242 g/mol. The Morgan fingerprint density at radius 2 is 2.28 bits per heavy atom. The van der Waals surface area contributed by atoms with Crippen molar-refractivity contribution in [2.75, 3.05) is 0 Å². The van der Waals surface area contributed by atoms with E-state index >= 15 is 0 Å². The molecule has 1 heterocycles. The van der Waals surface area contributed by atoms with Gasteiger partial charge >= 0.3 is 0 Å². The predicted octanol–water partition coefficient (Wildman–Crippen LogP) is 0.946. The normalized spacial score (nSPS) is 10.4. The van der Waals surface area contributed by atoms with Crippen molar-refractivity contribution in [3.63, 3.8) is 0 Å². The molecule has 2 aromatic rings. The van der Waals surface area contributed by atoms with E-state index in [1.807, 2.05) is 0 Å². The SMILES string of the molecule is O=C(N/N=C\c1cccc(O)c1)c1cnccn1. The highest BCUT2D eigenvalue weighted by Gasteiger charge is 2.04. The molecule has 0 saturated heterocycles. The van der Waals surface area contributed by atoms with Crippen molar-refractivity contribution in [1.29, 1.82) is 0 Å². The number of benzene rings is 1. The Hall–Kier alpha value is -2.76. The zero-order chi connectivity index (χ0) is 12.8. The van der Waals surface area contributed by atoms with Gasteiger partial charge in [0.1, 0.15) is 11.4 Å². The standard InChI is InChI=1S/C12H10N4O2/c17-10-3-1-2-9(6-10)7-15-16-12(18)11-8-13-4-5-14-11/h1-8,17H,(H,16,18)/b15-7-. The number of hydrogen-bond acceptors (Lipinski definition) is 5. The second-order valence-electron chi connectivity index (χ2n) is 3.38. The molecule has 2 rings (SSSR count). The lowest BCUT2D eigenvalue weighted by Crippen LogP contribution is -2.19. The van der Waals surface area contributed by atoms with E-state index in [1.165, 1.54) is 30.9 Å². The second kappa shape index (κ2) is 5.53. The van der Waals surface area contributed by atoms with Crippen molar-refractivity contribution in [1.82, 2.24) is 15.4 Å². The molecule has 1 aromatic carbocycles. The van der Waals surface area contributed by atoms with E-state index in [4.69, 9.17) is 0 Å². The molecule has 0 aliphatic rings. The van der Waals surface area contributed by atoms with Crippen LogP contribution in [-0.4, -0.2) is 27.2 Å². The van der Waals surface area contributed by atoms with Crippen LogP contribution in [-0.2, 0) is 0 Å². The Balaban J connectivity index is 1.98. The summed E-state index contributed by atoms with van der Waals surface area (Å²) in [5, 5.41) is 13.0. The van der Waals surface area contributed by atoms with Crippen LogP contribution in [0.4, 0.5) is 0 Å². The molecule has 0 spiro atoms. The van der Waals surface area contributed by atoms with Gasteiger partial charge < -0.3 is 5.11 Å². The topological polar surface area (TPSA) is 87.5 Å². The molecule has 0 saturated carbocycles. The first-order chi connectivity index (χ1) is 8.75. The van der Waals surface area contributed by atoms with Crippen LogP contribution < -0.4 is 5.43 Å². The summed E-state index contributed by atoms with van der Waals surface area (Å²) in [6.07, 6.45) is 5.67. The molecule has 6 nitrogen and oxygen atoms in total. The number of hydrogen-bond donors (Lipinski definition) is 2. The van der Waals surface area contributed by atoms with Crippen LogP contribution in [0.25, 0.3) is 0 Å². The fourth-order valence-corrected chi connectivity index (χ4v) is 1.24. The van der Waals surface area contributed by atoms with Gasteiger partial charge in [-0.05, 0) is 17.7 Å². The number of aromatic nitrogens is 2. The number of hydrazone groups is 1. The number of aromatic hydroxyl groups is 1. The maximum atomic E-state index is 11.5. The molecule has 1 aromatic heterocycles. The molecule has 2 N–H and O–H groups in total. The third kappa shape index (κ3) is 3.11. The molecule has 0 bridgehead atoms. The minimum absolute atomic E-state index is 0.138. The summed E-state index contributed by atoms with van der Waals surface area (Å²) in [5.74, 6) is -0.307. The van der Waals surface area contributed by atoms with Gasteiger partial charge in [-0.2, -0.15) is 5.10 Å². The summed E-state index contributed by atoms with van der Waals surface area (Å²) in [6, 6.07) is 6.51. The summed E-state index contributed by atoms with van der Waals surface area (Å²) < 4.78 is 0. The Morgan fingerprint density at radius 3 is 3.00 bits per heavy atom. The number of carbonyl (C=O) groups excluding carboxylic acids is 1. The van der Waals surface area contributed by atoms with E-state index in [0.717, 1.165) is 0 Å². The molecule has 90 valence electrons. The molecule has 0 aliphatic carbocycles. The first kappa shape index (κ1) is 11.7. The molecule has 1 amide bonds. The van der Waals surface area contributed by atoms with Crippen molar-refractivity contribution in [3.8, 4) is 5.75 Å². The van der Waals surface area contributed by atoms with Crippen LogP contribution >= 0.6 is 0 Å². The summed E-state index contributed by atoms with van der Waals surface area (Å²) in [7, 11) is 0. The van der Waals surface area contributed by atoms with E-state index in [2.05, 4.69) is 20.5 Å². The molecule has 0 fully saturated rings. The fourth-order valence-electron chi connectivity index (χ4n) is 1.24. The van der Waals surface area contributed by atoms with Crippen molar-refractivity contribution in [2.24, 2.45) is 5.10 Å². The quantitative estimate of drug-likeness (QED) is 0.619. The zero-order valence-corrected chi connectivity index (χ0v) is 9.32. The molecular formula is C12H10N4O2. The minimum atomic E-state index is -0.445. The highest BCUT2D eigenvalue weighted by molar-refractivity contribution is 5.92. The van der Waals surface area contributed by atoms with Gasteiger partial charge in [-0.3, -0.25) is 9.78 Å². The maximum Gasteiger partial charge on any atom is 0.291 e. The van der Waals surface area contributed by atoms with Gasteiger partial charge in [-0.1, -0.05) is 12.1 Å². The number of nitrogens with one attached hydrogen (secondary N) is 1. The van der Waals surface area contributed by atoms with Gasteiger partial charge in [0.05, 0.1) is 12.4 Å². The summed E-state index contributed by atoms with van der Waals surface area (Å²) in [6.45, 7) is 0. The average Bonchev–Trinajstić information content (AvgIpc) is 2.40. The van der Waals surface area contributed by atoms with Crippen LogP contribution in [0.3, 0.4) is 0 Å². The van der Waals surface area contributed by atoms with Crippen molar-refractivity contribution >= 4 is 12.1 Å². The summed E-state index contributed by atoms with van der Waals surface area (Å²) >= 11 is 0. The van der Waals surface area contributed by atoms with E-state index in [0.29, 0.717) is 5.56 Å². The first-order valence-electron chi connectivity index (χ1n) is 5.14. The molecule has 0 atom stereocenters. The molecule has 0 aliphatic heterocycles. The van der Waals surface area contributed by atoms with E-state index in [-0.39, 0.29) is 11.4 Å². The number of amides is 1. The van der Waals surface area contributed by atoms with Gasteiger partial charge in [0.15, 0.2) is 0 Å². The van der Waals surface area contributed by atoms with Crippen LogP contribution in [0.2, 0.25) is 0 Å². The zero-order valence-electron chi connectivity index (χ0n) is 9.32. The lowest BCUT2D eigenvalue weighted by Gasteiger charge is -1.97. The van der Waals surface area contributed by atoms with E-state index < -0.39 is 5.91 Å². The van der Waals surface area contributed by atoms with E-state index in [9.17, 15) is 9.90 Å². The molecular weight excluding hydrogens is 232 g/mol. The molecule has 18 heavy (non-hydrogen) atoms. The Morgan fingerprint density at radius 1 is 1.39 bits per heavy atom.